The van der Waals surface area contributed by atoms with E-state index in [1.807, 2.05) is 0 Å². The minimum absolute atomic E-state index is 0.0985. The second-order valence-corrected chi connectivity index (χ2v) is 5.48. The fraction of sp³-hybridized carbons (Fsp3) is 0.143. The maximum absolute atomic E-state index is 13.0. The fourth-order valence-electron chi connectivity index (χ4n) is 1.77. The predicted molar refractivity (Wildman–Crippen MR) is 75.4 cm³/mol. The van der Waals surface area contributed by atoms with Crippen molar-refractivity contribution in [2.45, 2.75) is 16.1 Å². The molecule has 23 heavy (non-hydrogen) atoms. The summed E-state index contributed by atoms with van der Waals surface area (Å²) in [5.74, 6) is -1.85. The number of halogens is 4. The van der Waals surface area contributed by atoms with E-state index in [2.05, 4.69) is 5.10 Å². The Morgan fingerprint density at radius 3 is 2.43 bits per heavy atom. The summed E-state index contributed by atoms with van der Waals surface area (Å²) in [7, 11) is 1.32. The fourth-order valence-corrected chi connectivity index (χ4v) is 2.72. The molecule has 0 fully saturated rings. The van der Waals surface area contributed by atoms with Crippen LogP contribution in [0.4, 0.5) is 17.6 Å². The van der Waals surface area contributed by atoms with Crippen LogP contribution in [0.25, 0.3) is 6.08 Å². The minimum Gasteiger partial charge on any atom is -0.478 e. The van der Waals surface area contributed by atoms with Gasteiger partial charge in [-0.05, 0) is 30.3 Å². The third-order valence-electron chi connectivity index (χ3n) is 2.72. The van der Waals surface area contributed by atoms with Crippen LogP contribution in [0.15, 0.2) is 40.3 Å². The Morgan fingerprint density at radius 1 is 1.30 bits per heavy atom. The number of carboxylic acids is 1. The van der Waals surface area contributed by atoms with E-state index >= 15 is 0 Å². The number of alkyl halides is 3. The molecule has 0 saturated heterocycles. The summed E-state index contributed by atoms with van der Waals surface area (Å²) in [5.41, 5.74) is -1.53. The van der Waals surface area contributed by atoms with Crippen molar-refractivity contribution in [3.8, 4) is 0 Å². The first-order chi connectivity index (χ1) is 10.7. The SMILES string of the molecule is Cn1nc(C(F)(F)F)c(/C=C/C(=O)O)c1Sc1ccc(F)cc1. The lowest BCUT2D eigenvalue weighted by Crippen LogP contribution is -2.08. The molecule has 0 saturated carbocycles. The summed E-state index contributed by atoms with van der Waals surface area (Å²) in [6, 6.07) is 5.17. The first kappa shape index (κ1) is 17.1. The van der Waals surface area contributed by atoms with Crippen LogP contribution < -0.4 is 0 Å². The zero-order valence-electron chi connectivity index (χ0n) is 11.6. The first-order valence-corrected chi connectivity index (χ1v) is 6.98. The summed E-state index contributed by atoms with van der Waals surface area (Å²) in [5, 5.41) is 12.2. The van der Waals surface area contributed by atoms with E-state index in [0.717, 1.165) is 22.5 Å². The molecular weight excluding hydrogens is 336 g/mol. The zero-order chi connectivity index (χ0) is 17.2. The Hall–Kier alpha value is -2.29. The van der Waals surface area contributed by atoms with Crippen molar-refractivity contribution in [1.29, 1.82) is 0 Å². The second-order valence-electron chi connectivity index (χ2n) is 4.42. The number of benzene rings is 1. The van der Waals surface area contributed by atoms with Gasteiger partial charge in [0.25, 0.3) is 0 Å². The Bertz CT molecular complexity index is 751. The number of nitrogens with zero attached hydrogens (tertiary/aromatic N) is 2. The predicted octanol–water partition coefficient (Wildman–Crippen LogP) is 3.83. The molecule has 0 aliphatic rings. The van der Waals surface area contributed by atoms with Gasteiger partial charge in [-0.25, -0.2) is 9.18 Å². The molecule has 0 unspecified atom stereocenters. The monoisotopic (exact) mass is 346 g/mol. The van der Waals surface area contributed by atoms with Crippen molar-refractivity contribution in [2.75, 3.05) is 0 Å². The molecular formula is C14H10F4N2O2S. The largest absolute Gasteiger partial charge is 0.478 e. The Labute approximate surface area is 132 Å². The standard InChI is InChI=1S/C14H10F4N2O2S/c1-20-13(23-9-4-2-8(15)3-5-9)10(6-7-11(21)22)12(19-20)14(16,17)18/h2-7H,1H3,(H,21,22)/b7-6+. The highest BCUT2D eigenvalue weighted by Crippen LogP contribution is 2.39. The first-order valence-electron chi connectivity index (χ1n) is 6.17. The van der Waals surface area contributed by atoms with Gasteiger partial charge in [0.15, 0.2) is 5.69 Å². The lowest BCUT2D eigenvalue weighted by Gasteiger charge is -2.05. The molecule has 122 valence electrons. The van der Waals surface area contributed by atoms with E-state index in [4.69, 9.17) is 5.11 Å². The number of carboxylic acid groups (broad SMARTS) is 1. The summed E-state index contributed by atoms with van der Waals surface area (Å²) < 4.78 is 53.0. The van der Waals surface area contributed by atoms with Crippen molar-refractivity contribution in [2.24, 2.45) is 7.05 Å². The van der Waals surface area contributed by atoms with Gasteiger partial charge in [-0.1, -0.05) is 11.8 Å². The van der Waals surface area contributed by atoms with E-state index in [-0.39, 0.29) is 10.6 Å². The Kier molecular flexibility index (Phi) is 4.79. The second kappa shape index (κ2) is 6.45. The van der Waals surface area contributed by atoms with Gasteiger partial charge in [0, 0.05) is 23.6 Å². The minimum atomic E-state index is -4.72. The molecule has 2 rings (SSSR count). The van der Waals surface area contributed by atoms with E-state index in [1.165, 1.54) is 31.3 Å². The van der Waals surface area contributed by atoms with Gasteiger partial charge < -0.3 is 5.11 Å². The van der Waals surface area contributed by atoms with Crippen LogP contribution in [0.3, 0.4) is 0 Å². The third kappa shape index (κ3) is 4.13. The Balaban J connectivity index is 2.50. The van der Waals surface area contributed by atoms with Gasteiger partial charge in [0.2, 0.25) is 0 Å². The number of carbonyl (C=O) groups is 1. The lowest BCUT2D eigenvalue weighted by molar-refractivity contribution is -0.141. The molecule has 0 bridgehead atoms. The van der Waals surface area contributed by atoms with Crippen LogP contribution in [0.2, 0.25) is 0 Å². The van der Waals surface area contributed by atoms with E-state index in [9.17, 15) is 22.4 Å². The van der Waals surface area contributed by atoms with Crippen LogP contribution in [-0.4, -0.2) is 20.9 Å². The highest BCUT2D eigenvalue weighted by atomic mass is 32.2. The molecule has 4 nitrogen and oxygen atoms in total. The summed E-state index contributed by atoms with van der Waals surface area (Å²) in [6.07, 6.45) is -3.26. The molecule has 0 aliphatic heterocycles. The van der Waals surface area contributed by atoms with Gasteiger partial charge in [0.1, 0.15) is 10.8 Å². The van der Waals surface area contributed by atoms with Gasteiger partial charge in [-0.15, -0.1) is 0 Å². The number of aliphatic carboxylic acids is 1. The number of hydrogen-bond acceptors (Lipinski definition) is 3. The van der Waals surface area contributed by atoms with Crippen molar-refractivity contribution in [1.82, 2.24) is 9.78 Å². The molecule has 0 aliphatic carbocycles. The molecule has 0 amide bonds. The molecule has 1 aromatic carbocycles. The molecule has 9 heteroatoms. The molecule has 0 spiro atoms. The van der Waals surface area contributed by atoms with Crippen LogP contribution in [-0.2, 0) is 18.0 Å². The van der Waals surface area contributed by atoms with E-state index in [1.54, 1.807) is 0 Å². The van der Waals surface area contributed by atoms with Crippen molar-refractivity contribution >= 4 is 23.8 Å². The van der Waals surface area contributed by atoms with Crippen LogP contribution in [0.5, 0.6) is 0 Å². The molecule has 1 heterocycles. The molecule has 1 aromatic heterocycles. The quantitative estimate of drug-likeness (QED) is 0.675. The number of aromatic nitrogens is 2. The van der Waals surface area contributed by atoms with Gasteiger partial charge >= 0.3 is 12.1 Å². The van der Waals surface area contributed by atoms with Gasteiger partial charge in [0.05, 0.1) is 0 Å². The highest BCUT2D eigenvalue weighted by molar-refractivity contribution is 7.99. The Morgan fingerprint density at radius 2 is 1.91 bits per heavy atom. The summed E-state index contributed by atoms with van der Waals surface area (Å²) in [4.78, 5) is 11.1. The lowest BCUT2D eigenvalue weighted by atomic mass is 10.2. The average Bonchev–Trinajstić information content (AvgIpc) is 2.76. The summed E-state index contributed by atoms with van der Waals surface area (Å²) in [6.45, 7) is 0. The van der Waals surface area contributed by atoms with Crippen molar-refractivity contribution in [3.05, 3.63) is 47.4 Å². The third-order valence-corrected chi connectivity index (χ3v) is 3.90. The van der Waals surface area contributed by atoms with Crippen LogP contribution in [0.1, 0.15) is 11.3 Å². The molecule has 2 aromatic rings. The average molecular weight is 346 g/mol. The molecule has 0 radical (unpaired) electrons. The number of hydrogen-bond donors (Lipinski definition) is 1. The van der Waals surface area contributed by atoms with Crippen molar-refractivity contribution in [3.63, 3.8) is 0 Å². The van der Waals surface area contributed by atoms with Gasteiger partial charge in [-0.3, -0.25) is 4.68 Å². The number of rotatable bonds is 4. The van der Waals surface area contributed by atoms with Crippen LogP contribution in [0, 0.1) is 5.82 Å². The van der Waals surface area contributed by atoms with Gasteiger partial charge in [-0.2, -0.15) is 18.3 Å². The normalized spacial score (nSPS) is 12.0. The van der Waals surface area contributed by atoms with Crippen molar-refractivity contribution < 1.29 is 27.5 Å². The topological polar surface area (TPSA) is 55.1 Å². The van der Waals surface area contributed by atoms with E-state index < -0.39 is 23.7 Å². The van der Waals surface area contributed by atoms with E-state index in [0.29, 0.717) is 11.0 Å². The zero-order valence-corrected chi connectivity index (χ0v) is 12.5. The molecule has 1 N–H and O–H groups in total. The molecule has 0 atom stereocenters. The summed E-state index contributed by atoms with van der Waals surface area (Å²) >= 11 is 0.928. The number of aryl methyl sites for hydroxylation is 1. The van der Waals surface area contributed by atoms with Crippen LogP contribution >= 0.6 is 11.8 Å². The maximum Gasteiger partial charge on any atom is 0.435 e. The smallest absolute Gasteiger partial charge is 0.435 e. The maximum atomic E-state index is 13.0. The highest BCUT2D eigenvalue weighted by Gasteiger charge is 2.38.